The Morgan fingerprint density at radius 3 is 1.88 bits per heavy atom. The van der Waals surface area contributed by atoms with Crippen molar-refractivity contribution in [1.82, 2.24) is 9.97 Å². The smallest absolute Gasteiger partial charge is 0.323 e. The molecule has 8 heteroatoms. The van der Waals surface area contributed by atoms with Crippen LogP contribution >= 0.6 is 11.6 Å². The van der Waals surface area contributed by atoms with Gasteiger partial charge in [-0.3, -0.25) is 0 Å². The maximum Gasteiger partial charge on any atom is 0.323 e. The van der Waals surface area contributed by atoms with E-state index in [-0.39, 0.29) is 6.03 Å². The molecule has 0 saturated carbocycles. The number of carbonyl (C=O) groups is 1. The Balaban J connectivity index is 1.39. The quantitative estimate of drug-likeness (QED) is 0.238. The number of aryl methyl sites for hydroxylation is 3. The average molecular weight is 473 g/mol. The van der Waals surface area contributed by atoms with E-state index in [1.807, 2.05) is 81.4 Å². The minimum atomic E-state index is -0.343. The predicted octanol–water partition coefficient (Wildman–Crippen LogP) is 7.19. The number of carbonyl (C=O) groups excluding carboxylic acids is 1. The van der Waals surface area contributed by atoms with Crippen molar-refractivity contribution < 1.29 is 4.79 Å². The van der Waals surface area contributed by atoms with Gasteiger partial charge in [0.1, 0.15) is 17.5 Å². The molecule has 0 atom stereocenters. The minimum absolute atomic E-state index is 0.343. The Bertz CT molecular complexity index is 1310. The molecular weight excluding hydrogens is 448 g/mol. The summed E-state index contributed by atoms with van der Waals surface area (Å²) in [6, 6.07) is 22.3. The lowest BCUT2D eigenvalue weighted by atomic mass is 10.2. The van der Waals surface area contributed by atoms with Gasteiger partial charge in [0, 0.05) is 33.8 Å². The van der Waals surface area contributed by atoms with Gasteiger partial charge in [0.25, 0.3) is 0 Å². The van der Waals surface area contributed by atoms with E-state index in [0.717, 1.165) is 16.9 Å². The first kappa shape index (κ1) is 23.1. The van der Waals surface area contributed by atoms with E-state index in [9.17, 15) is 4.79 Å². The molecule has 4 N–H and O–H groups in total. The topological polar surface area (TPSA) is 91.0 Å². The standard InChI is InChI=1S/C26H25ClN6O/c1-16-4-8-20(9-5-16)30-24-15-25(29-18(3)28-24)31-21-10-12-22(13-11-21)32-26(34)33-23-14-19(27)7-6-17(23)2/h4-15H,1-3H3,(H2,32,33,34)(H2,28,29,30,31). The zero-order valence-corrected chi connectivity index (χ0v) is 19.9. The van der Waals surface area contributed by atoms with E-state index < -0.39 is 0 Å². The average Bonchev–Trinajstić information content (AvgIpc) is 2.79. The van der Waals surface area contributed by atoms with Crippen LogP contribution in [0.3, 0.4) is 0 Å². The summed E-state index contributed by atoms with van der Waals surface area (Å²) in [5, 5.41) is 12.8. The third-order valence-corrected chi connectivity index (χ3v) is 5.26. The number of nitrogens with zero attached hydrogens (tertiary/aromatic N) is 2. The van der Waals surface area contributed by atoms with Crippen molar-refractivity contribution in [2.75, 3.05) is 21.3 Å². The fraction of sp³-hybridized carbons (Fsp3) is 0.115. The van der Waals surface area contributed by atoms with E-state index >= 15 is 0 Å². The van der Waals surface area contributed by atoms with E-state index in [1.54, 1.807) is 12.1 Å². The summed E-state index contributed by atoms with van der Waals surface area (Å²) in [4.78, 5) is 21.3. The summed E-state index contributed by atoms with van der Waals surface area (Å²) in [5.41, 5.74) is 5.23. The normalized spacial score (nSPS) is 10.5. The fourth-order valence-corrected chi connectivity index (χ4v) is 3.45. The molecule has 4 aromatic rings. The summed E-state index contributed by atoms with van der Waals surface area (Å²) in [6.45, 7) is 5.80. The highest BCUT2D eigenvalue weighted by atomic mass is 35.5. The third-order valence-electron chi connectivity index (χ3n) is 5.02. The van der Waals surface area contributed by atoms with Crippen LogP contribution in [0.15, 0.2) is 72.8 Å². The van der Waals surface area contributed by atoms with Gasteiger partial charge < -0.3 is 21.3 Å². The van der Waals surface area contributed by atoms with E-state index in [0.29, 0.717) is 33.9 Å². The monoisotopic (exact) mass is 472 g/mol. The SMILES string of the molecule is Cc1ccc(Nc2cc(Nc3ccc(NC(=O)Nc4cc(Cl)ccc4C)cc3)nc(C)n2)cc1. The maximum absolute atomic E-state index is 12.4. The Hall–Kier alpha value is -4.10. The number of nitrogens with one attached hydrogen (secondary N) is 4. The summed E-state index contributed by atoms with van der Waals surface area (Å²) in [5.74, 6) is 2.01. The van der Waals surface area contributed by atoms with Crippen molar-refractivity contribution in [1.29, 1.82) is 0 Å². The first-order valence-corrected chi connectivity index (χ1v) is 11.1. The number of hydrogen-bond acceptors (Lipinski definition) is 5. The number of amides is 2. The van der Waals surface area contributed by atoms with Gasteiger partial charge in [0.2, 0.25) is 0 Å². The van der Waals surface area contributed by atoms with Gasteiger partial charge in [-0.1, -0.05) is 35.4 Å². The number of urea groups is 1. The molecule has 0 aliphatic rings. The second-order valence-corrected chi connectivity index (χ2v) is 8.35. The highest BCUT2D eigenvalue weighted by Crippen LogP contribution is 2.23. The molecule has 0 spiro atoms. The minimum Gasteiger partial charge on any atom is -0.340 e. The van der Waals surface area contributed by atoms with Gasteiger partial charge in [-0.25, -0.2) is 14.8 Å². The van der Waals surface area contributed by atoms with Crippen LogP contribution in [0.5, 0.6) is 0 Å². The van der Waals surface area contributed by atoms with Crippen molar-refractivity contribution in [3.63, 3.8) is 0 Å². The van der Waals surface area contributed by atoms with Crippen molar-refractivity contribution in [3.05, 3.63) is 94.8 Å². The number of anilines is 6. The van der Waals surface area contributed by atoms with Gasteiger partial charge >= 0.3 is 6.03 Å². The van der Waals surface area contributed by atoms with Crippen molar-refractivity contribution in [2.45, 2.75) is 20.8 Å². The van der Waals surface area contributed by atoms with Crippen molar-refractivity contribution >= 4 is 52.0 Å². The van der Waals surface area contributed by atoms with E-state index in [1.165, 1.54) is 5.56 Å². The van der Waals surface area contributed by atoms with E-state index in [4.69, 9.17) is 11.6 Å². The molecule has 1 aromatic heterocycles. The van der Waals surface area contributed by atoms with Crippen molar-refractivity contribution in [2.24, 2.45) is 0 Å². The zero-order valence-electron chi connectivity index (χ0n) is 19.1. The second kappa shape index (κ2) is 10.2. The Morgan fingerprint density at radius 2 is 1.26 bits per heavy atom. The number of aromatic nitrogens is 2. The van der Waals surface area contributed by atoms with Crippen LogP contribution in [-0.2, 0) is 0 Å². The van der Waals surface area contributed by atoms with Crippen LogP contribution in [0.25, 0.3) is 0 Å². The van der Waals surface area contributed by atoms with Crippen LogP contribution in [0.1, 0.15) is 17.0 Å². The molecule has 7 nitrogen and oxygen atoms in total. The molecule has 0 aliphatic carbocycles. The van der Waals surface area contributed by atoms with Gasteiger partial charge in [0.15, 0.2) is 0 Å². The lowest BCUT2D eigenvalue weighted by Crippen LogP contribution is -2.19. The molecule has 0 fully saturated rings. The van der Waals surface area contributed by atoms with Crippen LogP contribution in [0, 0.1) is 20.8 Å². The molecule has 0 radical (unpaired) electrons. The first-order valence-electron chi connectivity index (χ1n) is 10.7. The Kier molecular flexibility index (Phi) is 6.94. The van der Waals surface area contributed by atoms with Crippen LogP contribution < -0.4 is 21.3 Å². The largest absolute Gasteiger partial charge is 0.340 e. The van der Waals surface area contributed by atoms with E-state index in [2.05, 4.69) is 31.2 Å². The molecule has 0 bridgehead atoms. The zero-order chi connectivity index (χ0) is 24.1. The van der Waals surface area contributed by atoms with Crippen LogP contribution in [0.4, 0.5) is 39.2 Å². The molecule has 0 aliphatic heterocycles. The number of halogens is 1. The van der Waals surface area contributed by atoms with Crippen LogP contribution in [-0.4, -0.2) is 16.0 Å². The molecule has 0 unspecified atom stereocenters. The highest BCUT2D eigenvalue weighted by Gasteiger charge is 2.07. The predicted molar refractivity (Wildman–Crippen MR) is 140 cm³/mol. The molecule has 2 amide bonds. The third kappa shape index (κ3) is 6.24. The second-order valence-electron chi connectivity index (χ2n) is 7.92. The lowest BCUT2D eigenvalue weighted by molar-refractivity contribution is 0.262. The summed E-state index contributed by atoms with van der Waals surface area (Å²) < 4.78 is 0. The van der Waals surface area contributed by atoms with Crippen molar-refractivity contribution in [3.8, 4) is 0 Å². The van der Waals surface area contributed by atoms with Gasteiger partial charge in [-0.15, -0.1) is 0 Å². The van der Waals surface area contributed by atoms with Gasteiger partial charge in [-0.05, 0) is 74.9 Å². The highest BCUT2D eigenvalue weighted by molar-refractivity contribution is 6.31. The molecular formula is C26H25ClN6O. The maximum atomic E-state index is 12.4. The number of benzene rings is 3. The molecule has 34 heavy (non-hydrogen) atoms. The number of hydrogen-bond donors (Lipinski definition) is 4. The summed E-state index contributed by atoms with van der Waals surface area (Å²) in [6.07, 6.45) is 0. The summed E-state index contributed by atoms with van der Waals surface area (Å²) >= 11 is 6.02. The Morgan fingerprint density at radius 1 is 0.706 bits per heavy atom. The molecule has 3 aromatic carbocycles. The number of rotatable bonds is 6. The Labute approximate surface area is 203 Å². The van der Waals surface area contributed by atoms with Gasteiger partial charge in [-0.2, -0.15) is 0 Å². The molecule has 1 heterocycles. The lowest BCUT2D eigenvalue weighted by Gasteiger charge is -2.12. The first-order chi connectivity index (χ1) is 16.3. The molecule has 0 saturated heterocycles. The van der Waals surface area contributed by atoms with Crippen LogP contribution in [0.2, 0.25) is 5.02 Å². The van der Waals surface area contributed by atoms with Gasteiger partial charge in [0.05, 0.1) is 0 Å². The summed E-state index contributed by atoms with van der Waals surface area (Å²) in [7, 11) is 0. The molecule has 4 rings (SSSR count). The molecule has 172 valence electrons. The fourth-order valence-electron chi connectivity index (χ4n) is 3.28.